The second-order valence-electron chi connectivity index (χ2n) is 10.2. The average molecular weight is 453 g/mol. The SMILES string of the molecule is C=C1CCC(O[Si](C)(C)C(C)(C)C)C/C1=C(/C)P(=O)(c1ccccc1)c1ccccc1. The lowest BCUT2D eigenvalue weighted by molar-refractivity contribution is 0.164. The summed E-state index contributed by atoms with van der Waals surface area (Å²) in [6.45, 7) is 17.9. The zero-order valence-electron chi connectivity index (χ0n) is 19.9. The molecular formula is C27H37O2PSi. The van der Waals surface area contributed by atoms with Gasteiger partial charge in [-0.15, -0.1) is 0 Å². The Balaban J connectivity index is 2.06. The maximum Gasteiger partial charge on any atom is 0.192 e. The first-order chi connectivity index (χ1) is 14.5. The van der Waals surface area contributed by atoms with E-state index in [1.807, 2.05) is 60.7 Å². The molecular weight excluding hydrogens is 415 g/mol. The third-order valence-corrected chi connectivity index (χ3v) is 14.8. The van der Waals surface area contributed by atoms with Gasteiger partial charge in [0.25, 0.3) is 0 Å². The topological polar surface area (TPSA) is 26.3 Å². The van der Waals surface area contributed by atoms with E-state index in [-0.39, 0.29) is 11.1 Å². The van der Waals surface area contributed by atoms with Crippen LogP contribution in [-0.4, -0.2) is 14.4 Å². The molecule has 1 aliphatic rings. The van der Waals surface area contributed by atoms with Crippen molar-refractivity contribution in [1.29, 1.82) is 0 Å². The molecule has 1 fully saturated rings. The monoisotopic (exact) mass is 452 g/mol. The summed E-state index contributed by atoms with van der Waals surface area (Å²) in [7, 11) is -4.83. The molecule has 0 N–H and O–H groups in total. The second kappa shape index (κ2) is 9.06. The molecule has 2 aromatic rings. The molecule has 4 heteroatoms. The molecule has 2 nitrogen and oxygen atoms in total. The fourth-order valence-electron chi connectivity index (χ4n) is 4.06. The molecule has 0 aliphatic heterocycles. The van der Waals surface area contributed by atoms with Gasteiger partial charge in [0, 0.05) is 16.7 Å². The molecule has 1 atom stereocenters. The molecule has 166 valence electrons. The lowest BCUT2D eigenvalue weighted by Gasteiger charge is -2.41. The van der Waals surface area contributed by atoms with Gasteiger partial charge < -0.3 is 8.99 Å². The van der Waals surface area contributed by atoms with E-state index in [0.29, 0.717) is 0 Å². The smallest absolute Gasteiger partial charge is 0.192 e. The summed E-state index contributed by atoms with van der Waals surface area (Å²) >= 11 is 0. The Labute approximate surface area is 189 Å². The van der Waals surface area contributed by atoms with Gasteiger partial charge in [-0.1, -0.05) is 93.6 Å². The summed E-state index contributed by atoms with van der Waals surface area (Å²) in [4.78, 5) is 0. The predicted molar refractivity (Wildman–Crippen MR) is 138 cm³/mol. The van der Waals surface area contributed by atoms with Crippen LogP contribution in [0.15, 0.2) is 83.7 Å². The molecule has 0 saturated heterocycles. The number of hydrogen-bond acceptors (Lipinski definition) is 2. The minimum atomic E-state index is -2.96. The molecule has 0 radical (unpaired) electrons. The lowest BCUT2D eigenvalue weighted by Crippen LogP contribution is -2.44. The van der Waals surface area contributed by atoms with Crippen molar-refractivity contribution >= 4 is 26.1 Å². The number of rotatable bonds is 5. The quantitative estimate of drug-likeness (QED) is 0.349. The van der Waals surface area contributed by atoms with Gasteiger partial charge in [-0.05, 0) is 55.2 Å². The summed E-state index contributed by atoms with van der Waals surface area (Å²) in [5, 5.41) is 2.89. The zero-order valence-corrected chi connectivity index (χ0v) is 21.8. The van der Waals surface area contributed by atoms with Gasteiger partial charge in [0.1, 0.15) is 0 Å². The third-order valence-electron chi connectivity index (χ3n) is 7.04. The highest BCUT2D eigenvalue weighted by Gasteiger charge is 2.41. The molecule has 2 aromatic carbocycles. The summed E-state index contributed by atoms with van der Waals surface area (Å²) in [5.74, 6) is 0. The van der Waals surface area contributed by atoms with E-state index in [1.54, 1.807) is 0 Å². The molecule has 0 bridgehead atoms. The molecule has 1 unspecified atom stereocenters. The van der Waals surface area contributed by atoms with Crippen molar-refractivity contribution in [3.05, 3.63) is 83.7 Å². The molecule has 3 rings (SSSR count). The van der Waals surface area contributed by atoms with Crippen LogP contribution >= 0.6 is 7.14 Å². The first-order valence-electron chi connectivity index (χ1n) is 11.2. The van der Waals surface area contributed by atoms with Crippen LogP contribution in [0.25, 0.3) is 0 Å². The van der Waals surface area contributed by atoms with Crippen molar-refractivity contribution in [2.24, 2.45) is 0 Å². The fourth-order valence-corrected chi connectivity index (χ4v) is 8.33. The molecule has 0 spiro atoms. The van der Waals surface area contributed by atoms with E-state index in [2.05, 4.69) is 47.4 Å². The van der Waals surface area contributed by atoms with Crippen LogP contribution < -0.4 is 10.6 Å². The normalized spacial score (nSPS) is 19.9. The highest BCUT2D eigenvalue weighted by atomic mass is 31.2. The van der Waals surface area contributed by atoms with Crippen molar-refractivity contribution in [1.82, 2.24) is 0 Å². The van der Waals surface area contributed by atoms with E-state index in [1.165, 1.54) is 0 Å². The van der Waals surface area contributed by atoms with Crippen molar-refractivity contribution < 1.29 is 8.99 Å². The van der Waals surface area contributed by atoms with Gasteiger partial charge in [-0.2, -0.15) is 0 Å². The van der Waals surface area contributed by atoms with Crippen LogP contribution in [0.3, 0.4) is 0 Å². The maximum absolute atomic E-state index is 14.8. The average Bonchev–Trinajstić information content (AvgIpc) is 2.74. The van der Waals surface area contributed by atoms with E-state index in [0.717, 1.165) is 46.3 Å². The zero-order chi connectivity index (χ0) is 22.9. The van der Waals surface area contributed by atoms with E-state index in [9.17, 15) is 4.57 Å². The first kappa shape index (κ1) is 24.0. The molecule has 1 aliphatic carbocycles. The predicted octanol–water partition coefficient (Wildman–Crippen LogP) is 7.41. The third kappa shape index (κ3) is 4.90. The minimum Gasteiger partial charge on any atom is -0.414 e. The Morgan fingerprint density at radius 1 is 1.00 bits per heavy atom. The Morgan fingerprint density at radius 3 is 1.94 bits per heavy atom. The van der Waals surface area contributed by atoms with Gasteiger partial charge >= 0.3 is 0 Å². The first-order valence-corrected chi connectivity index (χ1v) is 15.9. The Hall–Kier alpha value is -1.67. The molecule has 1 saturated carbocycles. The summed E-state index contributed by atoms with van der Waals surface area (Å²) < 4.78 is 21.6. The number of allylic oxidation sites excluding steroid dienone is 2. The van der Waals surface area contributed by atoms with Gasteiger partial charge in [0.2, 0.25) is 0 Å². The Kier molecular flexibility index (Phi) is 7.01. The van der Waals surface area contributed by atoms with Gasteiger partial charge in [-0.25, -0.2) is 0 Å². The van der Waals surface area contributed by atoms with Crippen LogP contribution in [0.4, 0.5) is 0 Å². The van der Waals surface area contributed by atoms with Crippen molar-refractivity contribution in [3.63, 3.8) is 0 Å². The maximum atomic E-state index is 14.8. The minimum absolute atomic E-state index is 0.163. The van der Waals surface area contributed by atoms with Crippen molar-refractivity contribution in [2.45, 2.75) is 71.2 Å². The van der Waals surface area contributed by atoms with Gasteiger partial charge in [0.15, 0.2) is 15.5 Å². The van der Waals surface area contributed by atoms with Crippen molar-refractivity contribution in [2.75, 3.05) is 0 Å². The highest BCUT2D eigenvalue weighted by Crippen LogP contribution is 2.55. The molecule has 0 heterocycles. The summed E-state index contributed by atoms with van der Waals surface area (Å²) in [5.41, 5.74) is 2.26. The van der Waals surface area contributed by atoms with Crippen molar-refractivity contribution in [3.8, 4) is 0 Å². The van der Waals surface area contributed by atoms with Crippen LogP contribution in [0.5, 0.6) is 0 Å². The standard InChI is InChI=1S/C27H37O2PSi/c1-21-18-19-23(29-31(6,7)27(3,4)5)20-26(21)22(2)30(28,24-14-10-8-11-15-24)25-16-12-9-13-17-25/h8-17,23H,1,18-20H2,2-7H3/b26-22+. The molecule has 0 amide bonds. The van der Waals surface area contributed by atoms with Gasteiger partial charge in [0.05, 0.1) is 0 Å². The van der Waals surface area contributed by atoms with Crippen LogP contribution in [0.1, 0.15) is 47.0 Å². The lowest BCUT2D eigenvalue weighted by atomic mass is 9.88. The van der Waals surface area contributed by atoms with Gasteiger partial charge in [-0.3, -0.25) is 0 Å². The fraction of sp³-hybridized carbons (Fsp3) is 0.407. The highest BCUT2D eigenvalue weighted by molar-refractivity contribution is 7.82. The largest absolute Gasteiger partial charge is 0.414 e. The van der Waals surface area contributed by atoms with E-state index >= 15 is 0 Å². The summed E-state index contributed by atoms with van der Waals surface area (Å²) in [6.07, 6.45) is 2.84. The van der Waals surface area contributed by atoms with E-state index in [4.69, 9.17) is 4.43 Å². The Morgan fingerprint density at radius 2 is 1.48 bits per heavy atom. The summed E-state index contributed by atoms with van der Waals surface area (Å²) in [6, 6.07) is 19.8. The van der Waals surface area contributed by atoms with Crippen LogP contribution in [-0.2, 0) is 8.99 Å². The Bertz CT molecular complexity index is 957. The second-order valence-corrected chi connectivity index (χ2v) is 17.9. The molecule has 0 aromatic heterocycles. The van der Waals surface area contributed by atoms with Crippen LogP contribution in [0.2, 0.25) is 18.1 Å². The molecule has 31 heavy (non-hydrogen) atoms. The number of benzene rings is 2. The number of hydrogen-bond donors (Lipinski definition) is 0. The van der Waals surface area contributed by atoms with Crippen LogP contribution in [0, 0.1) is 0 Å². The van der Waals surface area contributed by atoms with E-state index < -0.39 is 15.5 Å².